The molecule has 0 amide bonds. The Balaban J connectivity index is 2.17. The molecule has 0 radical (unpaired) electrons. The van der Waals surface area contributed by atoms with Crippen LogP contribution >= 0.6 is 11.6 Å². The van der Waals surface area contributed by atoms with E-state index in [2.05, 4.69) is 4.90 Å². The van der Waals surface area contributed by atoms with E-state index in [1.807, 2.05) is 24.3 Å². The van der Waals surface area contributed by atoms with E-state index in [-0.39, 0.29) is 6.04 Å². The van der Waals surface area contributed by atoms with Crippen LogP contribution < -0.4 is 5.73 Å². The first-order valence-electron chi connectivity index (χ1n) is 6.56. The second-order valence-electron chi connectivity index (χ2n) is 4.99. The van der Waals surface area contributed by atoms with Gasteiger partial charge in [-0.2, -0.15) is 0 Å². The van der Waals surface area contributed by atoms with E-state index in [9.17, 15) is 4.79 Å². The van der Waals surface area contributed by atoms with Crippen molar-refractivity contribution in [1.82, 2.24) is 4.90 Å². The van der Waals surface area contributed by atoms with Gasteiger partial charge in [0.25, 0.3) is 0 Å². The lowest BCUT2D eigenvalue weighted by Crippen LogP contribution is -2.36. The maximum atomic E-state index is 11.0. The average molecular weight is 283 g/mol. The van der Waals surface area contributed by atoms with Crippen LogP contribution in [0.4, 0.5) is 0 Å². The second kappa shape index (κ2) is 6.37. The number of carboxylic acids is 1. The summed E-state index contributed by atoms with van der Waals surface area (Å²) in [4.78, 5) is 13.3. The summed E-state index contributed by atoms with van der Waals surface area (Å²) >= 11 is 5.90. The number of nitrogens with zero attached hydrogens (tertiary/aromatic N) is 1. The minimum Gasteiger partial charge on any atom is -0.480 e. The highest BCUT2D eigenvalue weighted by Gasteiger charge is 2.27. The Morgan fingerprint density at radius 2 is 1.89 bits per heavy atom. The van der Waals surface area contributed by atoms with Gasteiger partial charge >= 0.3 is 5.97 Å². The topological polar surface area (TPSA) is 66.6 Å². The van der Waals surface area contributed by atoms with Crippen LogP contribution in [0.5, 0.6) is 0 Å². The molecule has 3 N–H and O–H groups in total. The summed E-state index contributed by atoms with van der Waals surface area (Å²) in [6, 6.07) is 6.82. The normalized spacial score (nSPS) is 19.3. The van der Waals surface area contributed by atoms with Crippen LogP contribution in [-0.4, -0.2) is 35.1 Å². The maximum absolute atomic E-state index is 11.0. The first-order chi connectivity index (χ1) is 9.08. The van der Waals surface area contributed by atoms with Crippen LogP contribution in [0.15, 0.2) is 24.3 Å². The molecule has 1 aliphatic heterocycles. The first-order valence-corrected chi connectivity index (χ1v) is 6.93. The molecule has 0 aromatic heterocycles. The van der Waals surface area contributed by atoms with Crippen molar-refractivity contribution in [2.75, 3.05) is 13.1 Å². The van der Waals surface area contributed by atoms with E-state index in [4.69, 9.17) is 22.4 Å². The Kier molecular flexibility index (Phi) is 4.80. The molecule has 0 unspecified atom stereocenters. The number of carboxylic acid groups (broad SMARTS) is 1. The van der Waals surface area contributed by atoms with Gasteiger partial charge in [0, 0.05) is 11.1 Å². The number of carbonyl (C=O) groups is 1. The number of aliphatic carboxylic acids is 1. The van der Waals surface area contributed by atoms with Gasteiger partial charge in [-0.1, -0.05) is 23.7 Å². The number of rotatable bonds is 5. The van der Waals surface area contributed by atoms with Crippen LogP contribution in [0.25, 0.3) is 0 Å². The maximum Gasteiger partial charge on any atom is 0.320 e. The fourth-order valence-electron chi connectivity index (χ4n) is 2.58. The molecule has 0 saturated carbocycles. The minimum absolute atomic E-state index is 0.0610. The highest BCUT2D eigenvalue weighted by Crippen LogP contribution is 2.29. The Labute approximate surface area is 118 Å². The van der Waals surface area contributed by atoms with Crippen molar-refractivity contribution in [2.45, 2.75) is 31.3 Å². The Morgan fingerprint density at radius 1 is 1.32 bits per heavy atom. The van der Waals surface area contributed by atoms with Crippen molar-refractivity contribution < 1.29 is 9.90 Å². The largest absolute Gasteiger partial charge is 0.480 e. The van der Waals surface area contributed by atoms with Crippen LogP contribution in [0.1, 0.15) is 30.9 Å². The van der Waals surface area contributed by atoms with E-state index in [0.29, 0.717) is 11.4 Å². The quantitative estimate of drug-likeness (QED) is 0.869. The van der Waals surface area contributed by atoms with Gasteiger partial charge in [0.2, 0.25) is 0 Å². The molecule has 4 nitrogen and oxygen atoms in total. The molecule has 0 spiro atoms. The second-order valence-corrected chi connectivity index (χ2v) is 5.43. The third kappa shape index (κ3) is 3.69. The summed E-state index contributed by atoms with van der Waals surface area (Å²) in [6.07, 6.45) is 2.75. The van der Waals surface area contributed by atoms with E-state index < -0.39 is 12.0 Å². The van der Waals surface area contributed by atoms with Crippen molar-refractivity contribution in [3.8, 4) is 0 Å². The van der Waals surface area contributed by atoms with Crippen LogP contribution in [0, 0.1) is 0 Å². The molecule has 1 aliphatic rings. The minimum atomic E-state index is -0.946. The van der Waals surface area contributed by atoms with Gasteiger partial charge in [-0.05, 0) is 50.0 Å². The monoisotopic (exact) mass is 282 g/mol. The van der Waals surface area contributed by atoms with Crippen LogP contribution in [-0.2, 0) is 4.79 Å². The van der Waals surface area contributed by atoms with Gasteiger partial charge in [0.1, 0.15) is 6.04 Å². The predicted molar refractivity (Wildman–Crippen MR) is 75.2 cm³/mol. The van der Waals surface area contributed by atoms with Crippen molar-refractivity contribution in [2.24, 2.45) is 5.73 Å². The number of likely N-dealkylation sites (tertiary alicyclic amines) is 1. The van der Waals surface area contributed by atoms with E-state index in [1.54, 1.807) is 0 Å². The molecular formula is C14H19ClN2O2. The lowest BCUT2D eigenvalue weighted by molar-refractivity contribution is -0.139. The smallest absolute Gasteiger partial charge is 0.320 e. The zero-order chi connectivity index (χ0) is 13.8. The molecule has 2 atom stereocenters. The molecular weight excluding hydrogens is 264 g/mol. The lowest BCUT2D eigenvalue weighted by Gasteiger charge is -2.29. The SMILES string of the molecule is N[C@H](C[C@H](c1ccc(Cl)cc1)N1CCCC1)C(=O)O. The summed E-state index contributed by atoms with van der Waals surface area (Å²) in [6.45, 7) is 2.00. The zero-order valence-corrected chi connectivity index (χ0v) is 11.5. The van der Waals surface area contributed by atoms with E-state index >= 15 is 0 Å². The van der Waals surface area contributed by atoms with Crippen LogP contribution in [0.3, 0.4) is 0 Å². The number of hydrogen-bond acceptors (Lipinski definition) is 3. The third-order valence-corrected chi connectivity index (χ3v) is 3.88. The molecule has 0 aliphatic carbocycles. The van der Waals surface area contributed by atoms with Gasteiger partial charge in [-0.25, -0.2) is 0 Å². The standard InChI is InChI=1S/C14H19ClN2O2/c15-11-5-3-10(4-6-11)13(9-12(16)14(18)19)17-7-1-2-8-17/h3-6,12-13H,1-2,7-9,16H2,(H,18,19)/t12-,13-/m1/s1. The van der Waals surface area contributed by atoms with Crippen molar-refractivity contribution in [3.63, 3.8) is 0 Å². The van der Waals surface area contributed by atoms with Gasteiger partial charge < -0.3 is 10.8 Å². The first kappa shape index (κ1) is 14.3. The molecule has 5 heteroatoms. The molecule has 1 heterocycles. The highest BCUT2D eigenvalue weighted by molar-refractivity contribution is 6.30. The molecule has 19 heavy (non-hydrogen) atoms. The van der Waals surface area contributed by atoms with Crippen LogP contribution in [0.2, 0.25) is 5.02 Å². The Bertz CT molecular complexity index is 430. The van der Waals surface area contributed by atoms with Gasteiger partial charge in [-0.3, -0.25) is 9.69 Å². The van der Waals surface area contributed by atoms with Gasteiger partial charge in [0.15, 0.2) is 0 Å². The number of nitrogens with two attached hydrogens (primary N) is 1. The van der Waals surface area contributed by atoms with Crippen molar-refractivity contribution in [1.29, 1.82) is 0 Å². The van der Waals surface area contributed by atoms with E-state index in [0.717, 1.165) is 31.5 Å². The molecule has 0 bridgehead atoms. The predicted octanol–water partition coefficient (Wildman–Crippen LogP) is 2.28. The van der Waals surface area contributed by atoms with E-state index in [1.165, 1.54) is 0 Å². The van der Waals surface area contributed by atoms with Crippen molar-refractivity contribution >= 4 is 17.6 Å². The lowest BCUT2D eigenvalue weighted by atomic mass is 9.98. The molecule has 1 aromatic rings. The molecule has 104 valence electrons. The highest BCUT2D eigenvalue weighted by atomic mass is 35.5. The zero-order valence-electron chi connectivity index (χ0n) is 10.8. The number of halogens is 1. The summed E-state index contributed by atoms with van der Waals surface area (Å²) in [7, 11) is 0. The average Bonchev–Trinajstić information content (AvgIpc) is 2.90. The summed E-state index contributed by atoms with van der Waals surface area (Å²) in [5, 5.41) is 9.69. The summed E-state index contributed by atoms with van der Waals surface area (Å²) in [5.74, 6) is -0.946. The number of benzene rings is 1. The Hall–Kier alpha value is -1.10. The Morgan fingerprint density at radius 3 is 2.42 bits per heavy atom. The molecule has 2 rings (SSSR count). The fourth-order valence-corrected chi connectivity index (χ4v) is 2.70. The molecule has 1 saturated heterocycles. The van der Waals surface area contributed by atoms with Gasteiger partial charge in [-0.15, -0.1) is 0 Å². The van der Waals surface area contributed by atoms with Crippen molar-refractivity contribution in [3.05, 3.63) is 34.9 Å². The summed E-state index contributed by atoms with van der Waals surface area (Å²) in [5.41, 5.74) is 6.79. The summed E-state index contributed by atoms with van der Waals surface area (Å²) < 4.78 is 0. The van der Waals surface area contributed by atoms with Gasteiger partial charge in [0.05, 0.1) is 0 Å². The third-order valence-electron chi connectivity index (χ3n) is 3.63. The fraction of sp³-hybridized carbons (Fsp3) is 0.500. The number of hydrogen-bond donors (Lipinski definition) is 2. The molecule has 1 aromatic carbocycles. The molecule has 1 fully saturated rings.